The molecule has 1 fully saturated rings. The third-order valence-corrected chi connectivity index (χ3v) is 2.88. The average molecular weight is 185 g/mol. The number of carboxylic acids is 1. The smallest absolute Gasteiger partial charge is 0.304 e. The molecule has 3 nitrogen and oxygen atoms in total. The molecule has 0 bridgehead atoms. The number of carbonyl (C=O) groups is 1. The predicted octanol–water partition coefficient (Wildman–Crippen LogP) is 1.58. The molecule has 0 amide bonds. The van der Waals surface area contributed by atoms with Crippen molar-refractivity contribution in [2.75, 3.05) is 13.1 Å². The topological polar surface area (TPSA) is 40.5 Å². The molecule has 0 aromatic carbocycles. The van der Waals surface area contributed by atoms with Crippen molar-refractivity contribution in [2.45, 2.75) is 39.2 Å². The Morgan fingerprint density at radius 1 is 1.54 bits per heavy atom. The Bertz CT molecular complexity index is 176. The molecule has 3 heteroatoms. The molecule has 1 N–H and O–H groups in total. The van der Waals surface area contributed by atoms with Crippen LogP contribution in [0.5, 0.6) is 0 Å². The summed E-state index contributed by atoms with van der Waals surface area (Å²) < 4.78 is 0. The number of aliphatic carboxylic acids is 1. The van der Waals surface area contributed by atoms with Gasteiger partial charge in [0.25, 0.3) is 0 Å². The minimum Gasteiger partial charge on any atom is -0.481 e. The fourth-order valence-corrected chi connectivity index (χ4v) is 2.00. The van der Waals surface area contributed by atoms with Crippen LogP contribution in [0.25, 0.3) is 0 Å². The summed E-state index contributed by atoms with van der Waals surface area (Å²) >= 11 is 0. The van der Waals surface area contributed by atoms with Gasteiger partial charge < -0.3 is 10.0 Å². The SMILES string of the molecule is CCN(CCC(=O)O)C1CC(C)C1. The van der Waals surface area contributed by atoms with Gasteiger partial charge in [0.15, 0.2) is 0 Å². The quantitative estimate of drug-likeness (QED) is 0.707. The summed E-state index contributed by atoms with van der Waals surface area (Å²) in [6.45, 7) is 6.04. The van der Waals surface area contributed by atoms with Crippen LogP contribution in [0.2, 0.25) is 0 Å². The molecule has 1 rings (SSSR count). The van der Waals surface area contributed by atoms with Crippen LogP contribution in [0.1, 0.15) is 33.1 Å². The fraction of sp³-hybridized carbons (Fsp3) is 0.900. The van der Waals surface area contributed by atoms with Crippen molar-refractivity contribution in [1.29, 1.82) is 0 Å². The molecule has 1 aliphatic carbocycles. The summed E-state index contributed by atoms with van der Waals surface area (Å²) in [6, 6.07) is 0.652. The number of hydrogen-bond donors (Lipinski definition) is 1. The lowest BCUT2D eigenvalue weighted by Crippen LogP contribution is -2.44. The molecule has 13 heavy (non-hydrogen) atoms. The van der Waals surface area contributed by atoms with Gasteiger partial charge in [0, 0.05) is 12.6 Å². The molecule has 0 unspecified atom stereocenters. The van der Waals surface area contributed by atoms with Crippen LogP contribution in [0.4, 0.5) is 0 Å². The van der Waals surface area contributed by atoms with Crippen molar-refractivity contribution >= 4 is 5.97 Å². The molecule has 0 spiro atoms. The van der Waals surface area contributed by atoms with Crippen LogP contribution >= 0.6 is 0 Å². The molecule has 0 heterocycles. The minimum atomic E-state index is -0.689. The maximum atomic E-state index is 10.4. The number of hydrogen-bond acceptors (Lipinski definition) is 2. The molecule has 0 atom stereocenters. The highest BCUT2D eigenvalue weighted by molar-refractivity contribution is 5.66. The van der Waals surface area contributed by atoms with Crippen LogP contribution in [-0.4, -0.2) is 35.1 Å². The van der Waals surface area contributed by atoms with E-state index in [2.05, 4.69) is 18.7 Å². The van der Waals surface area contributed by atoms with Crippen LogP contribution < -0.4 is 0 Å². The number of nitrogens with zero attached hydrogens (tertiary/aromatic N) is 1. The maximum Gasteiger partial charge on any atom is 0.304 e. The van der Waals surface area contributed by atoms with Crippen molar-refractivity contribution in [2.24, 2.45) is 5.92 Å². The lowest BCUT2D eigenvalue weighted by atomic mass is 9.81. The van der Waals surface area contributed by atoms with E-state index >= 15 is 0 Å². The molecule has 76 valence electrons. The highest BCUT2D eigenvalue weighted by Gasteiger charge is 2.29. The van der Waals surface area contributed by atoms with E-state index in [0.29, 0.717) is 12.6 Å². The Balaban J connectivity index is 2.23. The summed E-state index contributed by atoms with van der Waals surface area (Å²) in [7, 11) is 0. The molecule has 0 radical (unpaired) electrons. The van der Waals surface area contributed by atoms with Gasteiger partial charge in [-0.1, -0.05) is 13.8 Å². The summed E-state index contributed by atoms with van der Waals surface area (Å²) in [5.74, 6) is 0.148. The van der Waals surface area contributed by atoms with Gasteiger partial charge in [-0.25, -0.2) is 0 Å². The Labute approximate surface area is 79.7 Å². The summed E-state index contributed by atoms with van der Waals surface area (Å²) in [5, 5.41) is 8.56. The maximum absolute atomic E-state index is 10.4. The molecule has 0 saturated heterocycles. The van der Waals surface area contributed by atoms with E-state index in [1.54, 1.807) is 0 Å². The van der Waals surface area contributed by atoms with Crippen LogP contribution in [0, 0.1) is 5.92 Å². The third kappa shape index (κ3) is 2.99. The molecular weight excluding hydrogens is 166 g/mol. The first-order valence-corrected chi connectivity index (χ1v) is 5.09. The Kier molecular flexibility index (Phi) is 3.72. The Morgan fingerprint density at radius 3 is 2.54 bits per heavy atom. The van der Waals surface area contributed by atoms with E-state index in [1.165, 1.54) is 12.8 Å². The van der Waals surface area contributed by atoms with Gasteiger partial charge in [-0.2, -0.15) is 0 Å². The largest absolute Gasteiger partial charge is 0.481 e. The molecule has 0 aliphatic heterocycles. The van der Waals surface area contributed by atoms with E-state index in [-0.39, 0.29) is 6.42 Å². The first-order valence-electron chi connectivity index (χ1n) is 5.09. The van der Waals surface area contributed by atoms with Gasteiger partial charge in [-0.3, -0.25) is 4.79 Å². The summed E-state index contributed by atoms with van der Waals surface area (Å²) in [4.78, 5) is 12.7. The average Bonchev–Trinajstić information content (AvgIpc) is 2.01. The van der Waals surface area contributed by atoms with Crippen molar-refractivity contribution < 1.29 is 9.90 Å². The van der Waals surface area contributed by atoms with E-state index in [0.717, 1.165) is 12.5 Å². The van der Waals surface area contributed by atoms with Gasteiger partial charge in [0.2, 0.25) is 0 Å². The van der Waals surface area contributed by atoms with Gasteiger partial charge in [0.1, 0.15) is 0 Å². The predicted molar refractivity (Wildman–Crippen MR) is 51.7 cm³/mol. The summed E-state index contributed by atoms with van der Waals surface area (Å²) in [5.41, 5.74) is 0. The van der Waals surface area contributed by atoms with Gasteiger partial charge >= 0.3 is 5.97 Å². The molecule has 1 aliphatic rings. The molecule has 0 aromatic rings. The third-order valence-electron chi connectivity index (χ3n) is 2.88. The van der Waals surface area contributed by atoms with E-state index in [9.17, 15) is 4.79 Å². The van der Waals surface area contributed by atoms with Crippen molar-refractivity contribution in [3.8, 4) is 0 Å². The highest BCUT2D eigenvalue weighted by Crippen LogP contribution is 2.30. The van der Waals surface area contributed by atoms with E-state index in [4.69, 9.17) is 5.11 Å². The first-order chi connectivity index (χ1) is 6.13. The van der Waals surface area contributed by atoms with Crippen molar-refractivity contribution in [3.63, 3.8) is 0 Å². The van der Waals surface area contributed by atoms with Crippen LogP contribution in [0.3, 0.4) is 0 Å². The van der Waals surface area contributed by atoms with Crippen molar-refractivity contribution in [1.82, 2.24) is 4.90 Å². The summed E-state index contributed by atoms with van der Waals surface area (Å²) in [6.07, 6.45) is 2.76. The zero-order chi connectivity index (χ0) is 9.84. The van der Waals surface area contributed by atoms with Gasteiger partial charge in [0.05, 0.1) is 6.42 Å². The highest BCUT2D eigenvalue weighted by atomic mass is 16.4. The number of carboxylic acid groups (broad SMARTS) is 1. The monoisotopic (exact) mass is 185 g/mol. The van der Waals surface area contributed by atoms with Crippen LogP contribution in [-0.2, 0) is 4.79 Å². The van der Waals surface area contributed by atoms with Crippen LogP contribution in [0.15, 0.2) is 0 Å². The van der Waals surface area contributed by atoms with E-state index < -0.39 is 5.97 Å². The lowest BCUT2D eigenvalue weighted by Gasteiger charge is -2.41. The second-order valence-electron chi connectivity index (χ2n) is 4.00. The fourth-order valence-electron chi connectivity index (χ4n) is 2.00. The van der Waals surface area contributed by atoms with Gasteiger partial charge in [-0.05, 0) is 25.3 Å². The Morgan fingerprint density at radius 2 is 2.15 bits per heavy atom. The standard InChI is InChI=1S/C10H19NO2/c1-3-11(5-4-10(12)13)9-6-8(2)7-9/h8-9H,3-7H2,1-2H3,(H,12,13). The van der Waals surface area contributed by atoms with E-state index in [1.807, 2.05) is 0 Å². The first kappa shape index (κ1) is 10.5. The lowest BCUT2D eigenvalue weighted by molar-refractivity contribution is -0.137. The zero-order valence-electron chi connectivity index (χ0n) is 8.49. The number of rotatable bonds is 5. The molecule has 1 saturated carbocycles. The Hall–Kier alpha value is -0.570. The zero-order valence-corrected chi connectivity index (χ0v) is 8.49. The second-order valence-corrected chi connectivity index (χ2v) is 4.00. The van der Waals surface area contributed by atoms with Crippen molar-refractivity contribution in [3.05, 3.63) is 0 Å². The molecular formula is C10H19NO2. The molecule has 0 aromatic heterocycles. The minimum absolute atomic E-state index is 0.277. The normalized spacial score (nSPS) is 27.3. The van der Waals surface area contributed by atoms with Gasteiger partial charge in [-0.15, -0.1) is 0 Å². The second kappa shape index (κ2) is 4.61.